The number of rotatable bonds is 2. The van der Waals surface area contributed by atoms with Gasteiger partial charge >= 0.3 is 5.97 Å². The van der Waals surface area contributed by atoms with E-state index in [1.54, 1.807) is 13.0 Å². The van der Waals surface area contributed by atoms with Crippen molar-refractivity contribution in [3.8, 4) is 11.5 Å². The largest absolute Gasteiger partial charge is 0.486 e. The zero-order valence-electron chi connectivity index (χ0n) is 10.0. The van der Waals surface area contributed by atoms with E-state index in [4.69, 9.17) is 9.47 Å². The molecule has 1 aliphatic heterocycles. The SMILES string of the molecule is COC(=O)C(O)c1c(C)c(Br)cc2c1OCCO2. The Hall–Kier alpha value is -1.27. The molecule has 1 unspecified atom stereocenters. The van der Waals surface area contributed by atoms with Crippen LogP contribution in [0.4, 0.5) is 0 Å². The average Bonchev–Trinajstić information content (AvgIpc) is 2.38. The normalized spacial score (nSPS) is 15.1. The summed E-state index contributed by atoms with van der Waals surface area (Å²) in [5, 5.41) is 10.0. The van der Waals surface area contributed by atoms with Crippen molar-refractivity contribution in [2.24, 2.45) is 0 Å². The highest BCUT2D eigenvalue weighted by atomic mass is 79.9. The molecule has 1 aromatic rings. The van der Waals surface area contributed by atoms with Gasteiger partial charge in [-0.1, -0.05) is 15.9 Å². The molecule has 18 heavy (non-hydrogen) atoms. The Kier molecular flexibility index (Phi) is 3.77. The van der Waals surface area contributed by atoms with Gasteiger partial charge in [-0.25, -0.2) is 4.79 Å². The number of hydrogen-bond donors (Lipinski definition) is 1. The van der Waals surface area contributed by atoms with Crippen LogP contribution in [-0.4, -0.2) is 31.4 Å². The van der Waals surface area contributed by atoms with Crippen LogP contribution < -0.4 is 9.47 Å². The molecule has 5 nitrogen and oxygen atoms in total. The summed E-state index contributed by atoms with van der Waals surface area (Å²) < 4.78 is 16.2. The molecule has 0 saturated carbocycles. The minimum Gasteiger partial charge on any atom is -0.486 e. The number of methoxy groups -OCH3 is 1. The lowest BCUT2D eigenvalue weighted by atomic mass is 10.0. The zero-order valence-corrected chi connectivity index (χ0v) is 11.6. The van der Waals surface area contributed by atoms with Crippen LogP contribution in [0.15, 0.2) is 10.5 Å². The first-order valence-electron chi connectivity index (χ1n) is 5.40. The summed E-state index contributed by atoms with van der Waals surface area (Å²) in [5.74, 6) is 0.184. The van der Waals surface area contributed by atoms with Gasteiger partial charge in [0, 0.05) is 10.0 Å². The highest BCUT2D eigenvalue weighted by Gasteiger charge is 2.29. The Morgan fingerprint density at radius 1 is 1.50 bits per heavy atom. The number of halogens is 1. The molecule has 0 amide bonds. The van der Waals surface area contributed by atoms with Crippen LogP contribution in [0.25, 0.3) is 0 Å². The van der Waals surface area contributed by atoms with Crippen LogP contribution in [-0.2, 0) is 9.53 Å². The predicted octanol–water partition coefficient (Wildman–Crippen LogP) is 1.74. The lowest BCUT2D eigenvalue weighted by Gasteiger charge is -2.24. The van der Waals surface area contributed by atoms with E-state index in [0.717, 1.165) is 10.0 Å². The first kappa shape index (κ1) is 13.2. The standard InChI is InChI=1S/C12H13BrO5/c1-6-7(13)5-8-11(18-4-3-17-8)9(6)10(14)12(15)16-2/h5,10,14H,3-4H2,1-2H3. The van der Waals surface area contributed by atoms with E-state index >= 15 is 0 Å². The summed E-state index contributed by atoms with van der Waals surface area (Å²) in [6.07, 6.45) is -1.39. The molecule has 0 spiro atoms. The van der Waals surface area contributed by atoms with Crippen molar-refractivity contribution in [2.75, 3.05) is 20.3 Å². The Morgan fingerprint density at radius 2 is 2.17 bits per heavy atom. The highest BCUT2D eigenvalue weighted by Crippen LogP contribution is 2.42. The molecular weight excluding hydrogens is 304 g/mol. The fourth-order valence-electron chi connectivity index (χ4n) is 1.83. The molecule has 1 aliphatic rings. The van der Waals surface area contributed by atoms with Gasteiger partial charge in [0.05, 0.1) is 7.11 Å². The van der Waals surface area contributed by atoms with Crippen LogP contribution >= 0.6 is 15.9 Å². The van der Waals surface area contributed by atoms with Gasteiger partial charge < -0.3 is 19.3 Å². The number of fused-ring (bicyclic) bond motifs is 1. The number of hydrogen-bond acceptors (Lipinski definition) is 5. The van der Waals surface area contributed by atoms with Gasteiger partial charge in [-0.15, -0.1) is 0 Å². The molecular formula is C12H13BrO5. The summed E-state index contributed by atoms with van der Waals surface area (Å²) in [6.45, 7) is 2.61. The minimum absolute atomic E-state index is 0.380. The van der Waals surface area contributed by atoms with Gasteiger partial charge in [-0.05, 0) is 18.6 Å². The summed E-state index contributed by atoms with van der Waals surface area (Å²) in [7, 11) is 1.22. The van der Waals surface area contributed by atoms with Gasteiger partial charge in [-0.2, -0.15) is 0 Å². The molecule has 1 aromatic carbocycles. The van der Waals surface area contributed by atoms with E-state index in [1.807, 2.05) is 0 Å². The monoisotopic (exact) mass is 316 g/mol. The number of carbonyl (C=O) groups is 1. The van der Waals surface area contributed by atoms with Gasteiger partial charge in [0.1, 0.15) is 13.2 Å². The Morgan fingerprint density at radius 3 is 2.83 bits per heavy atom. The number of esters is 1. The lowest BCUT2D eigenvalue weighted by Crippen LogP contribution is -2.21. The third-order valence-corrected chi connectivity index (χ3v) is 3.60. The van der Waals surface area contributed by atoms with Crippen LogP contribution in [0.1, 0.15) is 17.2 Å². The second-order valence-electron chi connectivity index (χ2n) is 3.85. The maximum Gasteiger partial charge on any atom is 0.339 e. The summed E-state index contributed by atoms with van der Waals surface area (Å²) in [5.41, 5.74) is 1.10. The third kappa shape index (κ3) is 2.18. The molecule has 0 saturated heterocycles. The van der Waals surface area contributed by atoms with E-state index in [1.165, 1.54) is 7.11 Å². The quantitative estimate of drug-likeness (QED) is 0.842. The molecule has 0 fully saturated rings. The highest BCUT2D eigenvalue weighted by molar-refractivity contribution is 9.10. The van der Waals surface area contributed by atoms with Gasteiger partial charge in [0.15, 0.2) is 17.6 Å². The van der Waals surface area contributed by atoms with Crippen LogP contribution in [0.3, 0.4) is 0 Å². The fraction of sp³-hybridized carbons (Fsp3) is 0.417. The number of carbonyl (C=O) groups excluding carboxylic acids is 1. The van der Waals surface area contributed by atoms with Crippen LogP contribution in [0.5, 0.6) is 11.5 Å². The Labute approximate surface area is 113 Å². The van der Waals surface area contributed by atoms with Crippen molar-refractivity contribution in [3.63, 3.8) is 0 Å². The topological polar surface area (TPSA) is 65.0 Å². The minimum atomic E-state index is -1.39. The molecule has 2 rings (SSSR count). The summed E-state index contributed by atoms with van der Waals surface area (Å²) in [4.78, 5) is 11.5. The number of benzene rings is 1. The van der Waals surface area contributed by atoms with Crippen molar-refractivity contribution < 1.29 is 24.1 Å². The maximum atomic E-state index is 11.5. The second-order valence-corrected chi connectivity index (χ2v) is 4.70. The zero-order chi connectivity index (χ0) is 13.3. The molecule has 6 heteroatoms. The van der Waals surface area contributed by atoms with E-state index < -0.39 is 12.1 Å². The number of aliphatic hydroxyl groups excluding tert-OH is 1. The van der Waals surface area contributed by atoms with E-state index in [9.17, 15) is 9.90 Å². The molecule has 1 heterocycles. The molecule has 98 valence electrons. The van der Waals surface area contributed by atoms with Crippen LogP contribution in [0.2, 0.25) is 0 Å². The Bertz CT molecular complexity index is 486. The molecule has 0 bridgehead atoms. The van der Waals surface area contributed by atoms with Gasteiger partial charge in [0.2, 0.25) is 0 Å². The van der Waals surface area contributed by atoms with Crippen molar-refractivity contribution in [1.82, 2.24) is 0 Å². The predicted molar refractivity (Wildman–Crippen MR) is 66.8 cm³/mol. The Balaban J connectivity index is 2.56. The lowest BCUT2D eigenvalue weighted by molar-refractivity contribution is -0.150. The fourth-order valence-corrected chi connectivity index (χ4v) is 2.25. The summed E-state index contributed by atoms with van der Waals surface area (Å²) in [6, 6.07) is 1.76. The van der Waals surface area contributed by atoms with Gasteiger partial charge in [-0.3, -0.25) is 0 Å². The molecule has 0 aromatic heterocycles. The van der Waals surface area contributed by atoms with Crippen molar-refractivity contribution >= 4 is 21.9 Å². The number of aliphatic hydroxyl groups is 1. The van der Waals surface area contributed by atoms with Gasteiger partial charge in [0.25, 0.3) is 0 Å². The van der Waals surface area contributed by atoms with Crippen molar-refractivity contribution in [3.05, 3.63) is 21.7 Å². The first-order chi connectivity index (χ1) is 8.56. The maximum absolute atomic E-state index is 11.5. The summed E-state index contributed by atoms with van der Waals surface area (Å²) >= 11 is 3.37. The van der Waals surface area contributed by atoms with Crippen molar-refractivity contribution in [2.45, 2.75) is 13.0 Å². The molecule has 1 atom stereocenters. The smallest absolute Gasteiger partial charge is 0.339 e. The average molecular weight is 317 g/mol. The van der Waals surface area contributed by atoms with E-state index in [2.05, 4.69) is 20.7 Å². The van der Waals surface area contributed by atoms with E-state index in [0.29, 0.717) is 30.3 Å². The first-order valence-corrected chi connectivity index (χ1v) is 6.20. The molecule has 1 N–H and O–H groups in total. The second kappa shape index (κ2) is 5.16. The van der Waals surface area contributed by atoms with E-state index in [-0.39, 0.29) is 0 Å². The molecule has 0 radical (unpaired) electrons. The molecule has 0 aliphatic carbocycles. The van der Waals surface area contributed by atoms with Crippen LogP contribution in [0, 0.1) is 6.92 Å². The van der Waals surface area contributed by atoms with Crippen molar-refractivity contribution in [1.29, 1.82) is 0 Å². The third-order valence-electron chi connectivity index (χ3n) is 2.77. The number of ether oxygens (including phenoxy) is 3.